The molecule has 0 saturated carbocycles. The molecule has 0 spiro atoms. The van der Waals surface area contributed by atoms with Gasteiger partial charge in [0.2, 0.25) is 11.8 Å². The fourth-order valence-electron chi connectivity index (χ4n) is 5.96. The molecule has 10 heteroatoms. The van der Waals surface area contributed by atoms with Gasteiger partial charge in [0.15, 0.2) is 0 Å². The van der Waals surface area contributed by atoms with Crippen molar-refractivity contribution >= 4 is 23.7 Å². The summed E-state index contributed by atoms with van der Waals surface area (Å²) in [5, 5.41) is 0. The fourth-order valence-corrected chi connectivity index (χ4v) is 5.96. The lowest BCUT2D eigenvalue weighted by atomic mass is 10.0. The standard InChI is InChI=1S/C39H42F3N5O2/c1-2-3-5-8-30-11-13-33(14-12-30)29-47(37(48)20-17-31-15-18-34(19-16-31)39(40,41)42)35(27-32-9-6-4-7-10-32)38(49)46-25-23-45(24-26-46)36-28-43-21-22-44-36/h4,6-7,9-22,28,35H,2-3,5,8,23-27,29H2,1H3/t35-/m0/s1. The van der Waals surface area contributed by atoms with Crippen molar-refractivity contribution in [2.75, 3.05) is 31.1 Å². The number of rotatable bonds is 13. The summed E-state index contributed by atoms with van der Waals surface area (Å²) < 4.78 is 39.4. The number of benzene rings is 3. The van der Waals surface area contributed by atoms with Gasteiger partial charge in [0.25, 0.3) is 0 Å². The number of halogens is 3. The van der Waals surface area contributed by atoms with Gasteiger partial charge in [0, 0.05) is 57.6 Å². The Labute approximate surface area is 286 Å². The molecular weight excluding hydrogens is 627 g/mol. The number of aromatic nitrogens is 2. The maximum atomic E-state index is 14.4. The molecule has 1 aromatic heterocycles. The lowest BCUT2D eigenvalue weighted by Gasteiger charge is -2.39. The number of unbranched alkanes of at least 4 members (excludes halogenated alkanes) is 2. The van der Waals surface area contributed by atoms with Crippen LogP contribution in [0.5, 0.6) is 0 Å². The van der Waals surface area contributed by atoms with Crippen LogP contribution in [0.3, 0.4) is 0 Å². The highest BCUT2D eigenvalue weighted by molar-refractivity contribution is 5.95. The van der Waals surface area contributed by atoms with E-state index in [1.54, 1.807) is 28.4 Å². The molecule has 0 bridgehead atoms. The normalized spacial score (nSPS) is 14.2. The minimum Gasteiger partial charge on any atom is -0.352 e. The third-order valence-electron chi connectivity index (χ3n) is 8.78. The van der Waals surface area contributed by atoms with Crippen LogP contribution in [0.15, 0.2) is 104 Å². The highest BCUT2D eigenvalue weighted by Crippen LogP contribution is 2.29. The summed E-state index contributed by atoms with van der Waals surface area (Å²) in [4.78, 5) is 42.6. The van der Waals surface area contributed by atoms with Crippen molar-refractivity contribution in [2.24, 2.45) is 0 Å². The van der Waals surface area contributed by atoms with Crippen LogP contribution in [0.2, 0.25) is 0 Å². The van der Waals surface area contributed by atoms with E-state index in [9.17, 15) is 22.8 Å². The lowest BCUT2D eigenvalue weighted by Crippen LogP contribution is -2.56. The highest BCUT2D eigenvalue weighted by Gasteiger charge is 2.34. The highest BCUT2D eigenvalue weighted by atomic mass is 19.4. The first-order valence-corrected chi connectivity index (χ1v) is 16.8. The van der Waals surface area contributed by atoms with Gasteiger partial charge in [-0.05, 0) is 53.3 Å². The maximum Gasteiger partial charge on any atom is 0.416 e. The number of alkyl halides is 3. The summed E-state index contributed by atoms with van der Waals surface area (Å²) >= 11 is 0. The van der Waals surface area contributed by atoms with Gasteiger partial charge in [-0.2, -0.15) is 13.2 Å². The molecule has 2 heterocycles. The maximum absolute atomic E-state index is 14.4. The van der Waals surface area contributed by atoms with E-state index in [1.807, 2.05) is 42.5 Å². The van der Waals surface area contributed by atoms with E-state index in [2.05, 4.69) is 33.9 Å². The summed E-state index contributed by atoms with van der Waals surface area (Å²) in [5.74, 6) is 0.188. The summed E-state index contributed by atoms with van der Waals surface area (Å²) in [6.07, 6.45) is 8.03. The van der Waals surface area contributed by atoms with Crippen molar-refractivity contribution in [3.8, 4) is 0 Å². The molecule has 7 nitrogen and oxygen atoms in total. The number of nitrogens with zero attached hydrogens (tertiary/aromatic N) is 5. The van der Waals surface area contributed by atoms with E-state index in [1.165, 1.54) is 29.8 Å². The number of hydrogen-bond acceptors (Lipinski definition) is 5. The zero-order valence-corrected chi connectivity index (χ0v) is 27.7. The summed E-state index contributed by atoms with van der Waals surface area (Å²) in [6, 6.07) is 21.6. The zero-order chi connectivity index (χ0) is 34.6. The van der Waals surface area contributed by atoms with Gasteiger partial charge in [-0.25, -0.2) is 4.98 Å². The Kier molecular flexibility index (Phi) is 12.2. The van der Waals surface area contributed by atoms with E-state index >= 15 is 0 Å². The Hall–Kier alpha value is -4.99. The van der Waals surface area contributed by atoms with E-state index in [0.29, 0.717) is 38.2 Å². The van der Waals surface area contributed by atoms with Crippen LogP contribution in [0.25, 0.3) is 6.08 Å². The van der Waals surface area contributed by atoms with Crippen LogP contribution in [0, 0.1) is 0 Å². The summed E-state index contributed by atoms with van der Waals surface area (Å²) in [6.45, 7) is 4.42. The molecule has 256 valence electrons. The van der Waals surface area contributed by atoms with Gasteiger partial charge in [-0.3, -0.25) is 14.6 Å². The molecule has 49 heavy (non-hydrogen) atoms. The first kappa shape index (κ1) is 35.3. The Balaban J connectivity index is 1.42. The second-order valence-corrected chi connectivity index (χ2v) is 12.3. The first-order valence-electron chi connectivity index (χ1n) is 16.8. The van der Waals surface area contributed by atoms with E-state index in [4.69, 9.17) is 0 Å². The van der Waals surface area contributed by atoms with Crippen LogP contribution in [0.4, 0.5) is 19.0 Å². The Morgan fingerprint density at radius 3 is 2.18 bits per heavy atom. The fraction of sp³-hybridized carbons (Fsp3) is 0.333. The molecule has 1 aliphatic rings. The molecule has 1 fully saturated rings. The topological polar surface area (TPSA) is 69.6 Å². The number of piperazine rings is 1. The average molecular weight is 670 g/mol. The summed E-state index contributed by atoms with van der Waals surface area (Å²) in [7, 11) is 0. The molecule has 0 radical (unpaired) electrons. The molecular formula is C39H42F3N5O2. The van der Waals surface area contributed by atoms with Gasteiger partial charge in [-0.1, -0.05) is 86.5 Å². The van der Waals surface area contributed by atoms with Crippen molar-refractivity contribution in [1.29, 1.82) is 0 Å². The molecule has 1 aliphatic heterocycles. The van der Waals surface area contributed by atoms with E-state index in [-0.39, 0.29) is 12.5 Å². The van der Waals surface area contributed by atoms with Gasteiger partial charge in [0.1, 0.15) is 11.9 Å². The van der Waals surface area contributed by atoms with Crippen LogP contribution in [0.1, 0.15) is 54.0 Å². The molecule has 0 N–H and O–H groups in total. The molecule has 2 amide bonds. The van der Waals surface area contributed by atoms with Gasteiger partial charge < -0.3 is 14.7 Å². The largest absolute Gasteiger partial charge is 0.416 e. The van der Waals surface area contributed by atoms with Gasteiger partial charge in [0.05, 0.1) is 11.8 Å². The van der Waals surface area contributed by atoms with Crippen molar-refractivity contribution in [2.45, 2.75) is 57.8 Å². The molecule has 4 aromatic rings. The predicted molar refractivity (Wildman–Crippen MR) is 185 cm³/mol. The first-order chi connectivity index (χ1) is 23.7. The number of carbonyl (C=O) groups excluding carboxylic acids is 2. The zero-order valence-electron chi connectivity index (χ0n) is 27.7. The van der Waals surface area contributed by atoms with Gasteiger partial charge in [-0.15, -0.1) is 0 Å². The third-order valence-corrected chi connectivity index (χ3v) is 8.78. The number of amides is 2. The quantitative estimate of drug-likeness (QED) is 0.111. The Morgan fingerprint density at radius 2 is 1.55 bits per heavy atom. The predicted octanol–water partition coefficient (Wildman–Crippen LogP) is 7.23. The molecule has 0 aliphatic carbocycles. The minimum atomic E-state index is -4.45. The smallest absolute Gasteiger partial charge is 0.352 e. The van der Waals surface area contributed by atoms with Crippen molar-refractivity contribution < 1.29 is 22.8 Å². The van der Waals surface area contributed by atoms with Crippen LogP contribution in [-0.2, 0) is 35.2 Å². The van der Waals surface area contributed by atoms with Gasteiger partial charge >= 0.3 is 6.18 Å². The van der Waals surface area contributed by atoms with Crippen molar-refractivity contribution in [3.05, 3.63) is 131 Å². The minimum absolute atomic E-state index is 0.157. The van der Waals surface area contributed by atoms with E-state index in [0.717, 1.165) is 54.8 Å². The Bertz CT molecular complexity index is 1660. The molecule has 3 aromatic carbocycles. The lowest BCUT2D eigenvalue weighted by molar-refractivity contribution is -0.144. The molecule has 0 unspecified atom stereocenters. The van der Waals surface area contributed by atoms with Crippen LogP contribution < -0.4 is 4.90 Å². The second kappa shape index (κ2) is 16.9. The monoisotopic (exact) mass is 669 g/mol. The summed E-state index contributed by atoms with van der Waals surface area (Å²) in [5.41, 5.74) is 2.70. The number of carbonyl (C=O) groups is 2. The Morgan fingerprint density at radius 1 is 0.857 bits per heavy atom. The number of hydrogen-bond donors (Lipinski definition) is 0. The van der Waals surface area contributed by atoms with Crippen LogP contribution >= 0.6 is 0 Å². The second-order valence-electron chi connectivity index (χ2n) is 12.3. The molecule has 5 rings (SSSR count). The average Bonchev–Trinajstić information content (AvgIpc) is 3.13. The number of anilines is 1. The number of aryl methyl sites for hydroxylation is 1. The third kappa shape index (κ3) is 10.0. The molecule has 1 saturated heterocycles. The van der Waals surface area contributed by atoms with Crippen molar-refractivity contribution in [1.82, 2.24) is 19.8 Å². The van der Waals surface area contributed by atoms with E-state index < -0.39 is 23.7 Å². The van der Waals surface area contributed by atoms with Crippen molar-refractivity contribution in [3.63, 3.8) is 0 Å². The molecule has 1 atom stereocenters. The SMILES string of the molecule is CCCCCc1ccc(CN(C(=O)C=Cc2ccc(C(F)(F)F)cc2)[C@@H](Cc2ccccc2)C(=O)N2CCN(c3cnccn3)CC2)cc1. The van der Waals surface area contributed by atoms with Crippen LogP contribution in [-0.4, -0.2) is 63.8 Å².